The normalized spacial score (nSPS) is 16.3. The van der Waals surface area contributed by atoms with Gasteiger partial charge in [-0.3, -0.25) is 0 Å². The van der Waals surface area contributed by atoms with Crippen molar-refractivity contribution in [2.45, 2.75) is 36.7 Å². The summed E-state index contributed by atoms with van der Waals surface area (Å²) in [5.41, 5.74) is 2.48. The predicted octanol–water partition coefficient (Wildman–Crippen LogP) is 2.10. The van der Waals surface area contributed by atoms with E-state index in [1.54, 1.807) is 0 Å². The van der Waals surface area contributed by atoms with Crippen molar-refractivity contribution in [1.82, 2.24) is 0 Å². The van der Waals surface area contributed by atoms with E-state index in [0.29, 0.717) is 6.42 Å². The molecule has 0 fully saturated rings. The van der Waals surface area contributed by atoms with Gasteiger partial charge in [-0.15, -0.1) is 11.8 Å². The van der Waals surface area contributed by atoms with Crippen LogP contribution in [0.15, 0.2) is 23.1 Å². The van der Waals surface area contributed by atoms with Gasteiger partial charge in [0.2, 0.25) is 0 Å². The van der Waals surface area contributed by atoms with E-state index < -0.39 is 12.1 Å². The summed E-state index contributed by atoms with van der Waals surface area (Å²) in [4.78, 5) is 11.8. The Labute approximate surface area is 105 Å². The molecule has 0 saturated carbocycles. The lowest BCUT2D eigenvalue weighted by Gasteiger charge is -2.16. The number of rotatable bonds is 4. The zero-order valence-electron chi connectivity index (χ0n) is 9.56. The Bertz CT molecular complexity index is 417. The van der Waals surface area contributed by atoms with Crippen LogP contribution in [0.1, 0.15) is 24.0 Å². The maximum absolute atomic E-state index is 10.5. The Morgan fingerprint density at radius 2 is 2.29 bits per heavy atom. The van der Waals surface area contributed by atoms with E-state index in [-0.39, 0.29) is 6.42 Å². The van der Waals surface area contributed by atoms with Crippen LogP contribution in [0.2, 0.25) is 0 Å². The van der Waals surface area contributed by atoms with E-state index in [1.807, 2.05) is 17.8 Å². The molecule has 1 unspecified atom stereocenters. The number of aliphatic hydroxyl groups is 1. The van der Waals surface area contributed by atoms with Gasteiger partial charge in [0.1, 0.15) is 0 Å². The average Bonchev–Trinajstić information content (AvgIpc) is 2.35. The number of aliphatic carboxylic acids is 1. The molecule has 0 aromatic heterocycles. The van der Waals surface area contributed by atoms with Gasteiger partial charge in [0.15, 0.2) is 6.10 Å². The van der Waals surface area contributed by atoms with Gasteiger partial charge in [-0.05, 0) is 48.6 Å². The monoisotopic (exact) mass is 252 g/mol. The topological polar surface area (TPSA) is 57.5 Å². The first-order chi connectivity index (χ1) is 8.16. The molecule has 1 atom stereocenters. The Hall–Kier alpha value is -1.00. The van der Waals surface area contributed by atoms with Crippen LogP contribution in [0.5, 0.6) is 0 Å². The molecular formula is C13H16O3S. The minimum atomic E-state index is -1.25. The molecule has 17 heavy (non-hydrogen) atoms. The highest BCUT2D eigenvalue weighted by molar-refractivity contribution is 7.99. The molecule has 4 heteroatoms. The van der Waals surface area contributed by atoms with Crippen LogP contribution in [-0.2, 0) is 17.6 Å². The molecule has 1 aliphatic rings. The van der Waals surface area contributed by atoms with Crippen LogP contribution < -0.4 is 0 Å². The zero-order chi connectivity index (χ0) is 12.3. The van der Waals surface area contributed by atoms with E-state index in [1.165, 1.54) is 22.6 Å². The van der Waals surface area contributed by atoms with Crippen molar-refractivity contribution in [3.63, 3.8) is 0 Å². The Balaban J connectivity index is 2.00. The lowest BCUT2D eigenvalue weighted by Crippen LogP contribution is -2.19. The summed E-state index contributed by atoms with van der Waals surface area (Å²) in [6.45, 7) is 0. The maximum atomic E-state index is 10.5. The molecule has 92 valence electrons. The summed E-state index contributed by atoms with van der Waals surface area (Å²) < 4.78 is 0. The van der Waals surface area contributed by atoms with Crippen molar-refractivity contribution >= 4 is 17.7 Å². The van der Waals surface area contributed by atoms with Gasteiger partial charge in [0, 0.05) is 4.90 Å². The number of aryl methyl sites for hydroxylation is 2. The van der Waals surface area contributed by atoms with Crippen molar-refractivity contribution in [2.75, 3.05) is 5.75 Å². The molecule has 0 aliphatic carbocycles. The molecule has 2 rings (SSSR count). The largest absolute Gasteiger partial charge is 0.479 e. The Kier molecular flexibility index (Phi) is 4.07. The van der Waals surface area contributed by atoms with E-state index in [2.05, 4.69) is 12.1 Å². The van der Waals surface area contributed by atoms with Crippen LogP contribution in [0.4, 0.5) is 0 Å². The summed E-state index contributed by atoms with van der Waals surface area (Å²) in [6.07, 6.45) is 1.96. The molecule has 0 saturated heterocycles. The highest BCUT2D eigenvalue weighted by Gasteiger charge is 2.14. The fourth-order valence-corrected chi connectivity index (χ4v) is 3.02. The van der Waals surface area contributed by atoms with E-state index in [9.17, 15) is 9.90 Å². The van der Waals surface area contributed by atoms with Crippen molar-refractivity contribution in [2.24, 2.45) is 0 Å². The van der Waals surface area contributed by atoms with Gasteiger partial charge in [0.25, 0.3) is 0 Å². The summed E-state index contributed by atoms with van der Waals surface area (Å²) in [7, 11) is 0. The fourth-order valence-electron chi connectivity index (χ4n) is 2.00. The van der Waals surface area contributed by atoms with Crippen LogP contribution in [-0.4, -0.2) is 28.0 Å². The molecule has 0 amide bonds. The van der Waals surface area contributed by atoms with Crippen LogP contribution in [0, 0.1) is 0 Å². The number of carboxylic acids is 1. The highest BCUT2D eigenvalue weighted by atomic mass is 32.2. The third-order valence-corrected chi connectivity index (χ3v) is 4.17. The van der Waals surface area contributed by atoms with E-state index in [0.717, 1.165) is 12.0 Å². The summed E-state index contributed by atoms with van der Waals surface area (Å²) in [5.74, 6) is 0.0443. The first kappa shape index (κ1) is 12.5. The second kappa shape index (κ2) is 5.56. The number of benzene rings is 1. The fraction of sp³-hybridized carbons (Fsp3) is 0.462. The number of hydrogen-bond acceptors (Lipinski definition) is 3. The SMILES string of the molecule is O=C(O)C(O)CCc1ccc2c(c1)CCCS2. The van der Waals surface area contributed by atoms with Crippen LogP contribution >= 0.6 is 11.8 Å². The van der Waals surface area contributed by atoms with Crippen molar-refractivity contribution in [3.8, 4) is 0 Å². The second-order valence-corrected chi connectivity index (χ2v) is 5.42. The number of carbonyl (C=O) groups is 1. The summed E-state index contributed by atoms with van der Waals surface area (Å²) >= 11 is 1.88. The lowest BCUT2D eigenvalue weighted by molar-refractivity contribution is -0.146. The number of thioether (sulfide) groups is 1. The molecule has 1 aromatic rings. The minimum Gasteiger partial charge on any atom is -0.479 e. The molecule has 2 N–H and O–H groups in total. The number of carboxylic acid groups (broad SMARTS) is 1. The van der Waals surface area contributed by atoms with Crippen molar-refractivity contribution in [1.29, 1.82) is 0 Å². The zero-order valence-corrected chi connectivity index (χ0v) is 10.4. The molecule has 3 nitrogen and oxygen atoms in total. The van der Waals surface area contributed by atoms with Gasteiger partial charge < -0.3 is 10.2 Å². The predicted molar refractivity (Wildman–Crippen MR) is 67.5 cm³/mol. The highest BCUT2D eigenvalue weighted by Crippen LogP contribution is 2.30. The summed E-state index contributed by atoms with van der Waals surface area (Å²) in [5, 5.41) is 17.8. The van der Waals surface area contributed by atoms with Gasteiger partial charge >= 0.3 is 5.97 Å². The lowest BCUT2D eigenvalue weighted by atomic mass is 10.0. The van der Waals surface area contributed by atoms with Gasteiger partial charge in [-0.25, -0.2) is 4.79 Å². The molecule has 1 aliphatic heterocycles. The smallest absolute Gasteiger partial charge is 0.332 e. The van der Waals surface area contributed by atoms with Crippen molar-refractivity contribution in [3.05, 3.63) is 29.3 Å². The Morgan fingerprint density at radius 3 is 3.06 bits per heavy atom. The average molecular weight is 252 g/mol. The van der Waals surface area contributed by atoms with E-state index in [4.69, 9.17) is 5.11 Å². The number of fused-ring (bicyclic) bond motifs is 1. The van der Waals surface area contributed by atoms with Gasteiger partial charge in [-0.2, -0.15) is 0 Å². The van der Waals surface area contributed by atoms with Crippen LogP contribution in [0.3, 0.4) is 0 Å². The molecule has 0 spiro atoms. The second-order valence-electron chi connectivity index (χ2n) is 4.29. The Morgan fingerprint density at radius 1 is 1.47 bits per heavy atom. The standard InChI is InChI=1S/C13H16O3S/c14-11(13(15)16)5-3-9-4-6-12-10(8-9)2-1-7-17-12/h4,6,8,11,14H,1-3,5,7H2,(H,15,16). The number of aliphatic hydroxyl groups excluding tert-OH is 1. The quantitative estimate of drug-likeness (QED) is 0.861. The molecule has 1 aromatic carbocycles. The third-order valence-electron chi connectivity index (χ3n) is 2.96. The van der Waals surface area contributed by atoms with Gasteiger partial charge in [-0.1, -0.05) is 12.1 Å². The van der Waals surface area contributed by atoms with Gasteiger partial charge in [0.05, 0.1) is 0 Å². The summed E-state index contributed by atoms with van der Waals surface area (Å²) in [6, 6.07) is 6.30. The molecule has 1 heterocycles. The number of hydrogen-bond donors (Lipinski definition) is 2. The molecular weight excluding hydrogens is 236 g/mol. The van der Waals surface area contributed by atoms with E-state index >= 15 is 0 Å². The minimum absolute atomic E-state index is 0.279. The first-order valence-electron chi connectivity index (χ1n) is 5.82. The maximum Gasteiger partial charge on any atom is 0.332 e. The molecule has 0 radical (unpaired) electrons. The molecule has 0 bridgehead atoms. The third kappa shape index (κ3) is 3.23. The van der Waals surface area contributed by atoms with Crippen LogP contribution in [0.25, 0.3) is 0 Å². The van der Waals surface area contributed by atoms with Crippen molar-refractivity contribution < 1.29 is 15.0 Å². The first-order valence-corrected chi connectivity index (χ1v) is 6.81.